The van der Waals surface area contributed by atoms with E-state index in [2.05, 4.69) is 17.0 Å². The Kier molecular flexibility index (Phi) is 6.27. The molecule has 7 heteroatoms. The van der Waals surface area contributed by atoms with E-state index >= 15 is 0 Å². The minimum absolute atomic E-state index is 0.0138. The molecule has 0 radical (unpaired) electrons. The lowest BCUT2D eigenvalue weighted by atomic mass is 10.0. The van der Waals surface area contributed by atoms with Gasteiger partial charge in [-0.3, -0.25) is 14.3 Å². The number of hydrogen-bond acceptors (Lipinski definition) is 4. The highest BCUT2D eigenvalue weighted by Gasteiger charge is 2.26. The Bertz CT molecular complexity index is 1100. The van der Waals surface area contributed by atoms with E-state index in [1.54, 1.807) is 31.7 Å². The Morgan fingerprint density at radius 1 is 1.20 bits per heavy atom. The molecular formula is C23H24ClN3O3. The average Bonchev–Trinajstić information content (AvgIpc) is 3.08. The number of nitrogens with zero attached hydrogens (tertiary/aromatic N) is 2. The molecule has 0 bridgehead atoms. The van der Waals surface area contributed by atoms with Gasteiger partial charge < -0.3 is 10.1 Å². The largest absolute Gasteiger partial charge is 0.462 e. The zero-order valence-corrected chi connectivity index (χ0v) is 18.0. The fraction of sp³-hybridized carbons (Fsp3) is 0.261. The molecule has 0 aliphatic heterocycles. The molecule has 6 nitrogen and oxygen atoms in total. The van der Waals surface area contributed by atoms with Crippen LogP contribution in [0.4, 0.5) is 0 Å². The summed E-state index contributed by atoms with van der Waals surface area (Å²) in [6, 6.07) is 14.0. The van der Waals surface area contributed by atoms with Crippen molar-refractivity contribution in [3.8, 4) is 11.1 Å². The van der Waals surface area contributed by atoms with Gasteiger partial charge in [0.25, 0.3) is 5.91 Å². The second-order valence-electron chi connectivity index (χ2n) is 7.66. The molecule has 0 saturated heterocycles. The Morgan fingerprint density at radius 2 is 1.87 bits per heavy atom. The van der Waals surface area contributed by atoms with Crippen LogP contribution in [-0.2, 0) is 16.6 Å². The molecule has 0 aliphatic carbocycles. The lowest BCUT2D eigenvalue weighted by Gasteiger charge is -2.25. The van der Waals surface area contributed by atoms with Crippen molar-refractivity contribution in [3.63, 3.8) is 0 Å². The predicted molar refractivity (Wildman–Crippen MR) is 119 cm³/mol. The van der Waals surface area contributed by atoms with Crippen LogP contribution in [0.3, 0.4) is 0 Å². The molecular weight excluding hydrogens is 402 g/mol. The SMILES string of the molecule is C=Cc1ccc(-c2ccc3c(C(=O)NC(C)(C)COC(=O)CCl)nn(C)c3c2)cc1. The van der Waals surface area contributed by atoms with E-state index in [1.807, 2.05) is 42.5 Å². The summed E-state index contributed by atoms with van der Waals surface area (Å²) in [7, 11) is 1.80. The van der Waals surface area contributed by atoms with Gasteiger partial charge in [-0.2, -0.15) is 5.10 Å². The monoisotopic (exact) mass is 425 g/mol. The van der Waals surface area contributed by atoms with Crippen molar-refractivity contribution in [1.82, 2.24) is 15.1 Å². The second kappa shape index (κ2) is 8.71. The van der Waals surface area contributed by atoms with Crippen molar-refractivity contribution in [2.24, 2.45) is 7.05 Å². The van der Waals surface area contributed by atoms with Gasteiger partial charge in [0, 0.05) is 12.4 Å². The van der Waals surface area contributed by atoms with Crippen LogP contribution in [0, 0.1) is 0 Å². The lowest BCUT2D eigenvalue weighted by molar-refractivity contribution is -0.142. The Labute approximate surface area is 180 Å². The molecule has 3 aromatic rings. The van der Waals surface area contributed by atoms with E-state index < -0.39 is 11.5 Å². The molecule has 1 aromatic heterocycles. The molecule has 1 heterocycles. The highest BCUT2D eigenvalue weighted by atomic mass is 35.5. The Balaban J connectivity index is 1.85. The number of nitrogens with one attached hydrogen (secondary N) is 1. The molecule has 0 fully saturated rings. The third kappa shape index (κ3) is 4.71. The molecule has 1 N–H and O–H groups in total. The van der Waals surface area contributed by atoms with E-state index in [-0.39, 0.29) is 18.4 Å². The number of fused-ring (bicyclic) bond motifs is 1. The van der Waals surface area contributed by atoms with E-state index in [9.17, 15) is 9.59 Å². The van der Waals surface area contributed by atoms with E-state index in [0.29, 0.717) is 5.69 Å². The number of carbonyl (C=O) groups excluding carboxylic acids is 2. The first kappa shape index (κ1) is 21.6. The molecule has 0 aliphatic rings. The zero-order chi connectivity index (χ0) is 21.9. The number of hydrogen-bond donors (Lipinski definition) is 1. The maximum atomic E-state index is 12.9. The van der Waals surface area contributed by atoms with Crippen LogP contribution in [-0.4, -0.2) is 39.7 Å². The topological polar surface area (TPSA) is 73.2 Å². The number of esters is 1. The number of amides is 1. The standard InChI is InChI=1S/C23H24ClN3O3/c1-5-15-6-8-16(9-7-15)17-10-11-18-19(12-17)27(4)26-21(18)22(29)25-23(2,3)14-30-20(28)13-24/h5-12H,1,13-14H2,2-4H3,(H,25,29). The third-order valence-corrected chi connectivity index (χ3v) is 4.92. The van der Waals surface area contributed by atoms with E-state index in [1.165, 1.54) is 0 Å². The van der Waals surface area contributed by atoms with Gasteiger partial charge in [-0.25, -0.2) is 0 Å². The third-order valence-electron chi connectivity index (χ3n) is 4.70. The maximum absolute atomic E-state index is 12.9. The molecule has 0 spiro atoms. The molecule has 30 heavy (non-hydrogen) atoms. The van der Waals surface area contributed by atoms with Gasteiger partial charge in [0.15, 0.2) is 5.69 Å². The summed E-state index contributed by atoms with van der Waals surface area (Å²) >= 11 is 5.44. The highest BCUT2D eigenvalue weighted by molar-refractivity contribution is 6.26. The van der Waals surface area contributed by atoms with Gasteiger partial charge in [-0.15, -0.1) is 11.6 Å². The fourth-order valence-electron chi connectivity index (χ4n) is 3.12. The quantitative estimate of drug-likeness (QED) is 0.455. The van der Waals surface area contributed by atoms with Crippen molar-refractivity contribution >= 4 is 40.5 Å². The minimum Gasteiger partial charge on any atom is -0.462 e. The normalized spacial score (nSPS) is 11.3. The Hall–Kier alpha value is -3.12. The van der Waals surface area contributed by atoms with Gasteiger partial charge in [0.05, 0.1) is 11.1 Å². The van der Waals surface area contributed by atoms with Crippen molar-refractivity contribution in [2.75, 3.05) is 12.5 Å². The molecule has 0 saturated carbocycles. The van der Waals surface area contributed by atoms with Gasteiger partial charge >= 0.3 is 5.97 Å². The first-order valence-corrected chi connectivity index (χ1v) is 10.0. The van der Waals surface area contributed by atoms with Crippen LogP contribution < -0.4 is 5.32 Å². The smallest absolute Gasteiger partial charge is 0.320 e. The van der Waals surface area contributed by atoms with Crippen LogP contribution in [0.5, 0.6) is 0 Å². The van der Waals surface area contributed by atoms with Crippen molar-refractivity contribution in [2.45, 2.75) is 19.4 Å². The summed E-state index contributed by atoms with van der Waals surface area (Å²) in [5.74, 6) is -1.10. The molecule has 1 amide bonds. The number of carbonyl (C=O) groups is 2. The number of alkyl halides is 1. The number of aromatic nitrogens is 2. The number of ether oxygens (including phenoxy) is 1. The summed E-state index contributed by atoms with van der Waals surface area (Å²) in [5, 5.41) is 8.03. The number of halogens is 1. The molecule has 156 valence electrons. The van der Waals surface area contributed by atoms with E-state index in [4.69, 9.17) is 16.3 Å². The minimum atomic E-state index is -0.768. The summed E-state index contributed by atoms with van der Waals surface area (Å²) in [4.78, 5) is 24.2. The zero-order valence-electron chi connectivity index (χ0n) is 17.2. The summed E-state index contributed by atoms with van der Waals surface area (Å²) < 4.78 is 6.74. The van der Waals surface area contributed by atoms with Gasteiger partial charge in [-0.1, -0.05) is 43.0 Å². The van der Waals surface area contributed by atoms with Crippen LogP contribution in [0.15, 0.2) is 49.0 Å². The summed E-state index contributed by atoms with van der Waals surface area (Å²) in [5.41, 5.74) is 3.54. The molecule has 2 aromatic carbocycles. The second-order valence-corrected chi connectivity index (χ2v) is 7.93. The van der Waals surface area contributed by atoms with Crippen molar-refractivity contribution < 1.29 is 14.3 Å². The molecule has 0 unspecified atom stereocenters. The first-order valence-electron chi connectivity index (χ1n) is 9.48. The van der Waals surface area contributed by atoms with Crippen molar-refractivity contribution in [1.29, 1.82) is 0 Å². The Morgan fingerprint density at radius 3 is 2.50 bits per heavy atom. The highest BCUT2D eigenvalue weighted by Crippen LogP contribution is 2.27. The maximum Gasteiger partial charge on any atom is 0.320 e. The van der Waals surface area contributed by atoms with E-state index in [0.717, 1.165) is 27.6 Å². The van der Waals surface area contributed by atoms with Crippen LogP contribution in [0.1, 0.15) is 29.9 Å². The van der Waals surface area contributed by atoms with Gasteiger partial charge in [0.2, 0.25) is 0 Å². The summed E-state index contributed by atoms with van der Waals surface area (Å²) in [6.07, 6.45) is 1.80. The average molecular weight is 426 g/mol. The molecule has 0 atom stereocenters. The molecule has 3 rings (SSSR count). The predicted octanol–water partition coefficient (Wildman–Crippen LogP) is 4.17. The fourth-order valence-corrected chi connectivity index (χ4v) is 3.20. The summed E-state index contributed by atoms with van der Waals surface area (Å²) in [6.45, 7) is 7.32. The van der Waals surface area contributed by atoms with Crippen LogP contribution in [0.25, 0.3) is 28.1 Å². The van der Waals surface area contributed by atoms with Crippen LogP contribution >= 0.6 is 11.6 Å². The number of aryl methyl sites for hydroxylation is 1. The van der Waals surface area contributed by atoms with Gasteiger partial charge in [-0.05, 0) is 42.7 Å². The first-order chi connectivity index (χ1) is 14.2. The lowest BCUT2D eigenvalue weighted by Crippen LogP contribution is -2.47. The van der Waals surface area contributed by atoms with Gasteiger partial charge in [0.1, 0.15) is 12.5 Å². The number of benzene rings is 2. The number of rotatable bonds is 7. The van der Waals surface area contributed by atoms with Crippen molar-refractivity contribution in [3.05, 3.63) is 60.3 Å². The van der Waals surface area contributed by atoms with Crippen LogP contribution in [0.2, 0.25) is 0 Å².